The van der Waals surface area contributed by atoms with Crippen LogP contribution >= 0.6 is 11.6 Å². The number of sulfonamides is 1. The number of anilines is 1. The van der Waals surface area contributed by atoms with E-state index >= 15 is 0 Å². The van der Waals surface area contributed by atoms with Crippen LogP contribution in [0.15, 0.2) is 29.3 Å². The van der Waals surface area contributed by atoms with Crippen molar-refractivity contribution < 1.29 is 22.7 Å². The number of morpholine rings is 1. The minimum atomic E-state index is -3.74. The van der Waals surface area contributed by atoms with Crippen molar-refractivity contribution in [1.82, 2.24) is 13.9 Å². The molecule has 2 aliphatic rings. The van der Waals surface area contributed by atoms with Crippen LogP contribution < -0.4 is 4.90 Å². The van der Waals surface area contributed by atoms with Gasteiger partial charge in [-0.05, 0) is 37.5 Å². The van der Waals surface area contributed by atoms with Crippen LogP contribution in [0.25, 0.3) is 0 Å². The van der Waals surface area contributed by atoms with E-state index in [1.807, 2.05) is 0 Å². The van der Waals surface area contributed by atoms with Crippen molar-refractivity contribution >= 4 is 33.3 Å². The first-order chi connectivity index (χ1) is 15.4. The van der Waals surface area contributed by atoms with Gasteiger partial charge in [0.25, 0.3) is 0 Å². The first-order valence-corrected chi connectivity index (χ1v) is 12.5. The Morgan fingerprint density at radius 1 is 1.16 bits per heavy atom. The summed E-state index contributed by atoms with van der Waals surface area (Å²) < 4.78 is 40.1. The van der Waals surface area contributed by atoms with E-state index in [4.69, 9.17) is 21.1 Å². The highest BCUT2D eigenvalue weighted by Gasteiger charge is 2.29. The molecule has 0 saturated carbocycles. The summed E-state index contributed by atoms with van der Waals surface area (Å²) in [4.78, 5) is 19.4. The van der Waals surface area contributed by atoms with E-state index in [1.165, 1.54) is 16.6 Å². The summed E-state index contributed by atoms with van der Waals surface area (Å²) in [6.07, 6.45) is 4.67. The zero-order valence-corrected chi connectivity index (χ0v) is 19.6. The number of hydrogen-bond donors (Lipinski definition) is 0. The summed E-state index contributed by atoms with van der Waals surface area (Å²) in [5.74, 6) is -0.0938. The SMILES string of the molecule is Cn1c(Cl)cnc1COC(=O)c1cc(S(=O)(=O)N2CCOCC2)ccc1N1CCCCC1. The standard InChI is InChI=1S/C21H27ClN4O5S/c1-24-19(22)14-23-20(24)15-31-21(27)17-13-16(32(28,29)26-9-11-30-12-10-26)5-6-18(17)25-7-3-2-4-8-25/h5-6,13-14H,2-4,7-12,15H2,1H3. The predicted molar refractivity (Wildman–Crippen MR) is 119 cm³/mol. The lowest BCUT2D eigenvalue weighted by molar-refractivity contribution is 0.0459. The largest absolute Gasteiger partial charge is 0.454 e. The number of piperidine rings is 1. The molecular formula is C21H27ClN4O5S. The maximum absolute atomic E-state index is 13.2. The second-order valence-electron chi connectivity index (χ2n) is 7.88. The van der Waals surface area contributed by atoms with E-state index in [-0.39, 0.29) is 30.2 Å². The Kier molecular flexibility index (Phi) is 7.04. The molecule has 174 valence electrons. The second kappa shape index (κ2) is 9.78. The Morgan fingerprint density at radius 3 is 2.53 bits per heavy atom. The minimum Gasteiger partial charge on any atom is -0.454 e. The fourth-order valence-corrected chi connectivity index (χ4v) is 5.53. The smallest absolute Gasteiger partial charge is 0.340 e. The molecule has 2 saturated heterocycles. The third-order valence-corrected chi connectivity index (χ3v) is 8.10. The molecule has 2 aromatic rings. The lowest BCUT2D eigenvalue weighted by Gasteiger charge is -2.31. The lowest BCUT2D eigenvalue weighted by Crippen LogP contribution is -2.40. The van der Waals surface area contributed by atoms with Crippen LogP contribution in [-0.4, -0.2) is 67.6 Å². The number of nitrogens with zero attached hydrogens (tertiary/aromatic N) is 4. The van der Waals surface area contributed by atoms with E-state index in [9.17, 15) is 13.2 Å². The van der Waals surface area contributed by atoms with Gasteiger partial charge in [-0.15, -0.1) is 0 Å². The minimum absolute atomic E-state index is 0.0675. The molecule has 32 heavy (non-hydrogen) atoms. The number of aromatic nitrogens is 2. The number of carbonyl (C=O) groups is 1. The Morgan fingerprint density at radius 2 is 1.88 bits per heavy atom. The first-order valence-electron chi connectivity index (χ1n) is 10.7. The summed E-state index contributed by atoms with van der Waals surface area (Å²) >= 11 is 6.01. The quantitative estimate of drug-likeness (QED) is 0.583. The van der Waals surface area contributed by atoms with Crippen LogP contribution in [0.3, 0.4) is 0 Å². The van der Waals surface area contributed by atoms with Crippen molar-refractivity contribution in [2.45, 2.75) is 30.8 Å². The third kappa shape index (κ3) is 4.78. The zero-order valence-electron chi connectivity index (χ0n) is 18.0. The molecule has 0 radical (unpaired) electrons. The summed E-state index contributed by atoms with van der Waals surface area (Å²) in [6.45, 7) is 2.84. The van der Waals surface area contributed by atoms with Crippen molar-refractivity contribution in [1.29, 1.82) is 0 Å². The molecule has 0 amide bonds. The number of benzene rings is 1. The number of ether oxygens (including phenoxy) is 2. The summed E-state index contributed by atoms with van der Waals surface area (Å²) in [6, 6.07) is 4.72. The summed E-state index contributed by atoms with van der Waals surface area (Å²) in [7, 11) is -2.01. The van der Waals surface area contributed by atoms with Crippen molar-refractivity contribution in [3.05, 3.63) is 40.9 Å². The van der Waals surface area contributed by atoms with Gasteiger partial charge in [0.15, 0.2) is 0 Å². The van der Waals surface area contributed by atoms with Gasteiger partial charge in [-0.2, -0.15) is 4.31 Å². The first kappa shape index (κ1) is 23.0. The topological polar surface area (TPSA) is 94.0 Å². The van der Waals surface area contributed by atoms with Crippen LogP contribution in [0.1, 0.15) is 35.4 Å². The highest BCUT2D eigenvalue weighted by Crippen LogP contribution is 2.29. The summed E-state index contributed by atoms with van der Waals surface area (Å²) in [5.41, 5.74) is 0.926. The molecule has 2 aliphatic heterocycles. The summed E-state index contributed by atoms with van der Waals surface area (Å²) in [5, 5.41) is 0.434. The second-order valence-corrected chi connectivity index (χ2v) is 10.2. The van der Waals surface area contributed by atoms with Gasteiger partial charge >= 0.3 is 5.97 Å². The Balaban J connectivity index is 1.64. The molecule has 0 spiro atoms. The average molecular weight is 483 g/mol. The lowest BCUT2D eigenvalue weighted by atomic mass is 10.1. The Hall–Kier alpha value is -2.14. The maximum Gasteiger partial charge on any atom is 0.340 e. The van der Waals surface area contributed by atoms with Crippen LogP contribution in [0.5, 0.6) is 0 Å². The fourth-order valence-electron chi connectivity index (χ4n) is 3.95. The Bertz CT molecular complexity index is 1080. The molecular weight excluding hydrogens is 456 g/mol. The normalized spacial score (nSPS) is 18.0. The van der Waals surface area contributed by atoms with Gasteiger partial charge in [0.1, 0.15) is 17.6 Å². The number of imidazole rings is 1. The molecule has 1 aromatic heterocycles. The zero-order chi connectivity index (χ0) is 22.7. The molecule has 2 fully saturated rings. The number of halogens is 1. The molecule has 4 rings (SSSR count). The van der Waals surface area contributed by atoms with Gasteiger partial charge in [-0.1, -0.05) is 11.6 Å². The molecule has 0 N–H and O–H groups in total. The van der Waals surface area contributed by atoms with Gasteiger partial charge in [0, 0.05) is 33.2 Å². The van der Waals surface area contributed by atoms with Gasteiger partial charge in [-0.3, -0.25) is 0 Å². The van der Waals surface area contributed by atoms with Gasteiger partial charge in [0.05, 0.1) is 35.6 Å². The molecule has 11 heteroatoms. The van der Waals surface area contributed by atoms with E-state index in [1.54, 1.807) is 23.7 Å². The van der Waals surface area contributed by atoms with Crippen molar-refractivity contribution in [2.24, 2.45) is 7.05 Å². The van der Waals surface area contributed by atoms with E-state index in [0.29, 0.717) is 29.9 Å². The van der Waals surface area contributed by atoms with Gasteiger partial charge in [0.2, 0.25) is 10.0 Å². The van der Waals surface area contributed by atoms with Crippen LogP contribution in [0, 0.1) is 0 Å². The number of esters is 1. The highest BCUT2D eigenvalue weighted by atomic mass is 35.5. The average Bonchev–Trinajstić information content (AvgIpc) is 3.15. The van der Waals surface area contributed by atoms with E-state index < -0.39 is 16.0 Å². The molecule has 1 aromatic carbocycles. The van der Waals surface area contributed by atoms with Crippen molar-refractivity contribution in [2.75, 3.05) is 44.3 Å². The number of hydrogen-bond acceptors (Lipinski definition) is 7. The molecule has 9 nitrogen and oxygen atoms in total. The molecule has 0 bridgehead atoms. The third-order valence-electron chi connectivity index (χ3n) is 5.85. The molecule has 0 atom stereocenters. The van der Waals surface area contributed by atoms with E-state index in [2.05, 4.69) is 9.88 Å². The van der Waals surface area contributed by atoms with Crippen LogP contribution in [0.4, 0.5) is 5.69 Å². The molecule has 0 aliphatic carbocycles. The predicted octanol–water partition coefficient (Wildman–Crippen LogP) is 2.44. The molecule has 3 heterocycles. The maximum atomic E-state index is 13.2. The van der Waals surface area contributed by atoms with E-state index in [0.717, 1.165) is 32.4 Å². The van der Waals surface area contributed by atoms with Gasteiger partial charge in [-0.25, -0.2) is 18.2 Å². The van der Waals surface area contributed by atoms with Gasteiger partial charge < -0.3 is 18.9 Å². The van der Waals surface area contributed by atoms with Crippen molar-refractivity contribution in [3.63, 3.8) is 0 Å². The van der Waals surface area contributed by atoms with Crippen molar-refractivity contribution in [3.8, 4) is 0 Å². The van der Waals surface area contributed by atoms with Crippen LogP contribution in [0.2, 0.25) is 5.15 Å². The Labute approximate surface area is 192 Å². The number of carbonyl (C=O) groups excluding carboxylic acids is 1. The number of rotatable bonds is 6. The highest BCUT2D eigenvalue weighted by molar-refractivity contribution is 7.89. The fraction of sp³-hybridized carbons (Fsp3) is 0.524. The van der Waals surface area contributed by atoms with Crippen LogP contribution in [-0.2, 0) is 33.2 Å². The molecule has 0 unspecified atom stereocenters. The monoisotopic (exact) mass is 482 g/mol.